The summed E-state index contributed by atoms with van der Waals surface area (Å²) in [5.41, 5.74) is 8.28. The molecule has 198 valence electrons. The minimum atomic E-state index is 1.13. The van der Waals surface area contributed by atoms with Gasteiger partial charge in [0.1, 0.15) is 0 Å². The summed E-state index contributed by atoms with van der Waals surface area (Å²) in [6.07, 6.45) is 0. The first kappa shape index (κ1) is 24.6. The molecule has 0 N–H and O–H groups in total. The number of nitrogens with zero attached hydrogens (tertiary/aromatic N) is 1. The van der Waals surface area contributed by atoms with E-state index in [4.69, 9.17) is 0 Å². The van der Waals surface area contributed by atoms with Crippen molar-refractivity contribution in [1.29, 1.82) is 0 Å². The van der Waals surface area contributed by atoms with Gasteiger partial charge in [0.25, 0.3) is 0 Å². The van der Waals surface area contributed by atoms with E-state index in [1.54, 1.807) is 0 Å². The molecule has 0 unspecified atom stereocenters. The van der Waals surface area contributed by atoms with Gasteiger partial charge in [0.15, 0.2) is 0 Å². The van der Waals surface area contributed by atoms with Gasteiger partial charge in [0.2, 0.25) is 0 Å². The lowest BCUT2D eigenvalue weighted by Gasteiger charge is -2.28. The van der Waals surface area contributed by atoms with E-state index in [2.05, 4.69) is 169 Å². The van der Waals surface area contributed by atoms with Gasteiger partial charge in [-0.05, 0) is 69.9 Å². The minimum absolute atomic E-state index is 1.13. The molecule has 0 saturated carbocycles. The van der Waals surface area contributed by atoms with Crippen LogP contribution in [0.1, 0.15) is 0 Å². The predicted octanol–water partition coefficient (Wildman–Crippen LogP) is 12.0. The van der Waals surface area contributed by atoms with Gasteiger partial charge in [-0.2, -0.15) is 0 Å². The van der Waals surface area contributed by atoms with E-state index in [9.17, 15) is 0 Å². The molecule has 0 fully saturated rings. The maximum absolute atomic E-state index is 2.39. The average molecular weight is 554 g/mol. The van der Waals surface area contributed by atoms with Crippen molar-refractivity contribution in [3.8, 4) is 22.3 Å². The van der Waals surface area contributed by atoms with Crippen molar-refractivity contribution in [2.75, 3.05) is 4.90 Å². The third kappa shape index (κ3) is 4.25. The predicted molar refractivity (Wildman–Crippen MR) is 182 cm³/mol. The highest BCUT2D eigenvalue weighted by molar-refractivity contribution is 7.25. The summed E-state index contributed by atoms with van der Waals surface area (Å²) in [6, 6.07) is 59.2. The van der Waals surface area contributed by atoms with Crippen LogP contribution in [0.2, 0.25) is 0 Å². The lowest BCUT2D eigenvalue weighted by molar-refractivity contribution is 1.28. The number of benzene rings is 7. The molecule has 0 aliphatic rings. The number of anilines is 3. The molecule has 0 aliphatic heterocycles. The van der Waals surface area contributed by atoms with Crippen molar-refractivity contribution in [2.45, 2.75) is 0 Å². The molecule has 1 aromatic heterocycles. The zero-order chi connectivity index (χ0) is 27.9. The van der Waals surface area contributed by atoms with Crippen molar-refractivity contribution >= 4 is 59.3 Å². The monoisotopic (exact) mass is 553 g/mol. The Kier molecular flexibility index (Phi) is 6.05. The van der Waals surface area contributed by atoms with Crippen LogP contribution in [0, 0.1) is 0 Å². The van der Waals surface area contributed by atoms with Gasteiger partial charge in [0, 0.05) is 37.1 Å². The largest absolute Gasteiger partial charge is 0.310 e. The lowest BCUT2D eigenvalue weighted by atomic mass is 9.97. The highest BCUT2D eigenvalue weighted by Gasteiger charge is 2.18. The summed E-state index contributed by atoms with van der Waals surface area (Å²) in [6.45, 7) is 0. The Labute approximate surface area is 249 Å². The van der Waals surface area contributed by atoms with Crippen molar-refractivity contribution in [1.82, 2.24) is 0 Å². The molecular weight excluding hydrogens is 527 g/mol. The molecule has 1 nitrogen and oxygen atoms in total. The van der Waals surface area contributed by atoms with Crippen LogP contribution in [0.5, 0.6) is 0 Å². The number of rotatable bonds is 5. The van der Waals surface area contributed by atoms with E-state index in [0.29, 0.717) is 0 Å². The molecule has 2 heteroatoms. The van der Waals surface area contributed by atoms with Crippen LogP contribution in [0.3, 0.4) is 0 Å². The summed E-state index contributed by atoms with van der Waals surface area (Å²) in [4.78, 5) is 2.39. The summed E-state index contributed by atoms with van der Waals surface area (Å²) < 4.78 is 2.64. The Bertz CT molecular complexity index is 2200. The Balaban J connectivity index is 1.31. The Morgan fingerprint density at radius 2 is 1.02 bits per heavy atom. The standard InChI is InChI=1S/C40H27NS/c1-2-15-31(16-3-1)41(32-17-10-14-29(26-32)34-21-11-13-28-12-4-5-18-33(28)34)38-22-8-6-19-35(38)30-24-25-37-36-20-7-9-23-39(36)42-40(37)27-30/h1-27H. The first-order valence-corrected chi connectivity index (χ1v) is 15.1. The molecule has 0 radical (unpaired) electrons. The number of hydrogen-bond acceptors (Lipinski definition) is 2. The van der Waals surface area contributed by atoms with E-state index in [1.807, 2.05) is 11.3 Å². The second-order valence-electron chi connectivity index (χ2n) is 10.6. The van der Waals surface area contributed by atoms with Crippen LogP contribution < -0.4 is 4.90 Å². The molecule has 1 heterocycles. The van der Waals surface area contributed by atoms with E-state index in [1.165, 1.54) is 53.2 Å². The average Bonchev–Trinajstić information content (AvgIpc) is 3.43. The van der Waals surface area contributed by atoms with E-state index < -0.39 is 0 Å². The number of fused-ring (bicyclic) bond motifs is 4. The van der Waals surface area contributed by atoms with Crippen molar-refractivity contribution in [2.24, 2.45) is 0 Å². The number of para-hydroxylation sites is 2. The molecule has 0 bridgehead atoms. The van der Waals surface area contributed by atoms with Gasteiger partial charge in [-0.15, -0.1) is 11.3 Å². The SMILES string of the molecule is c1ccc(N(c2cccc(-c3cccc4ccccc34)c2)c2ccccc2-c2ccc3c(c2)sc2ccccc23)cc1. The highest BCUT2D eigenvalue weighted by atomic mass is 32.1. The summed E-state index contributed by atoms with van der Waals surface area (Å²) in [5.74, 6) is 0. The Morgan fingerprint density at radius 1 is 0.381 bits per heavy atom. The second kappa shape index (κ2) is 10.3. The molecule has 8 rings (SSSR count). The van der Waals surface area contributed by atoms with Crippen LogP contribution in [0.4, 0.5) is 17.1 Å². The molecule has 0 atom stereocenters. The normalized spacial score (nSPS) is 11.3. The fraction of sp³-hybridized carbons (Fsp3) is 0. The fourth-order valence-corrected chi connectivity index (χ4v) is 7.25. The maximum atomic E-state index is 2.39. The summed E-state index contributed by atoms with van der Waals surface area (Å²) >= 11 is 1.86. The van der Waals surface area contributed by atoms with Gasteiger partial charge < -0.3 is 4.90 Å². The van der Waals surface area contributed by atoms with Crippen LogP contribution in [0.25, 0.3) is 53.2 Å². The number of thiophene rings is 1. The minimum Gasteiger partial charge on any atom is -0.310 e. The topological polar surface area (TPSA) is 3.24 Å². The second-order valence-corrected chi connectivity index (χ2v) is 11.7. The smallest absolute Gasteiger partial charge is 0.0540 e. The van der Waals surface area contributed by atoms with E-state index >= 15 is 0 Å². The van der Waals surface area contributed by atoms with Crippen LogP contribution in [-0.4, -0.2) is 0 Å². The summed E-state index contributed by atoms with van der Waals surface area (Å²) in [5, 5.41) is 5.16. The van der Waals surface area contributed by atoms with E-state index in [0.717, 1.165) is 17.1 Å². The maximum Gasteiger partial charge on any atom is 0.0540 e. The number of hydrogen-bond donors (Lipinski definition) is 0. The van der Waals surface area contributed by atoms with Gasteiger partial charge in [-0.25, -0.2) is 0 Å². The molecule has 42 heavy (non-hydrogen) atoms. The van der Waals surface area contributed by atoms with Crippen molar-refractivity contribution in [3.63, 3.8) is 0 Å². The highest BCUT2D eigenvalue weighted by Crippen LogP contribution is 2.44. The van der Waals surface area contributed by atoms with Gasteiger partial charge in [-0.3, -0.25) is 0 Å². The molecule has 0 aliphatic carbocycles. The third-order valence-electron chi connectivity index (χ3n) is 8.05. The van der Waals surface area contributed by atoms with Crippen molar-refractivity contribution in [3.05, 3.63) is 164 Å². The van der Waals surface area contributed by atoms with E-state index in [-0.39, 0.29) is 0 Å². The fourth-order valence-electron chi connectivity index (χ4n) is 6.10. The zero-order valence-corrected chi connectivity index (χ0v) is 23.8. The molecule has 0 saturated heterocycles. The van der Waals surface area contributed by atoms with Gasteiger partial charge in [-0.1, -0.05) is 121 Å². The molecule has 0 amide bonds. The molecular formula is C40H27NS. The quantitative estimate of drug-likeness (QED) is 0.205. The Morgan fingerprint density at radius 3 is 1.95 bits per heavy atom. The van der Waals surface area contributed by atoms with Gasteiger partial charge >= 0.3 is 0 Å². The molecule has 0 spiro atoms. The van der Waals surface area contributed by atoms with Crippen LogP contribution in [-0.2, 0) is 0 Å². The third-order valence-corrected chi connectivity index (χ3v) is 9.19. The molecule has 7 aromatic carbocycles. The lowest BCUT2D eigenvalue weighted by Crippen LogP contribution is -2.11. The Hall–Kier alpha value is -5.18. The first-order valence-electron chi connectivity index (χ1n) is 14.3. The van der Waals surface area contributed by atoms with Gasteiger partial charge in [0.05, 0.1) is 5.69 Å². The molecule has 8 aromatic rings. The zero-order valence-electron chi connectivity index (χ0n) is 22.9. The summed E-state index contributed by atoms with van der Waals surface area (Å²) in [7, 11) is 0. The van der Waals surface area contributed by atoms with Crippen LogP contribution in [0.15, 0.2) is 164 Å². The van der Waals surface area contributed by atoms with Crippen molar-refractivity contribution < 1.29 is 0 Å². The van der Waals surface area contributed by atoms with Crippen LogP contribution >= 0.6 is 11.3 Å². The first-order chi connectivity index (χ1) is 20.8.